The molecule has 0 aromatic carbocycles. The Bertz CT molecular complexity index is 655. The molecule has 0 radical (unpaired) electrons. The molecule has 4 rings (SSSR count). The quantitative estimate of drug-likeness (QED) is 0.773. The van der Waals surface area contributed by atoms with E-state index in [1.54, 1.807) is 4.90 Å². The second-order valence-corrected chi connectivity index (χ2v) is 10.0. The lowest BCUT2D eigenvalue weighted by Crippen LogP contribution is -2.67. The Morgan fingerprint density at radius 2 is 1.90 bits per heavy atom. The number of nitrogens with zero attached hydrogens (tertiary/aromatic N) is 4. The van der Waals surface area contributed by atoms with E-state index in [0.29, 0.717) is 30.8 Å². The minimum absolute atomic E-state index is 0.00196. The number of rotatable bonds is 3. The van der Waals surface area contributed by atoms with E-state index in [-0.39, 0.29) is 12.5 Å². The number of nitriles is 1. The summed E-state index contributed by atoms with van der Waals surface area (Å²) in [5.74, 6) is 1.33. The third-order valence-corrected chi connectivity index (χ3v) is 6.93. The van der Waals surface area contributed by atoms with Gasteiger partial charge in [-0.1, -0.05) is 0 Å². The molecule has 2 saturated carbocycles. The monoisotopic (exact) mass is 406 g/mol. The predicted octanol–water partition coefficient (Wildman–Crippen LogP) is 2.48. The largest absolute Gasteiger partial charge is 0.444 e. The first-order valence-corrected chi connectivity index (χ1v) is 10.7. The summed E-state index contributed by atoms with van der Waals surface area (Å²) in [6.07, 6.45) is 4.71. The molecule has 2 saturated heterocycles. The van der Waals surface area contributed by atoms with E-state index in [0.717, 1.165) is 45.2 Å². The van der Waals surface area contributed by atoms with E-state index in [1.807, 2.05) is 25.7 Å². The fraction of sp³-hybridized carbons (Fsp3) is 0.857. The predicted molar refractivity (Wildman–Crippen MR) is 106 cm³/mol. The maximum atomic E-state index is 13.2. The van der Waals surface area contributed by atoms with E-state index in [9.17, 15) is 14.8 Å². The molecule has 2 aliphatic carbocycles. The highest BCUT2D eigenvalue weighted by Gasteiger charge is 2.63. The molecular weight excluding hydrogens is 372 g/mol. The Balaban J connectivity index is 0.00000117. The number of piperidine rings is 1. The molecular formula is C21H34N4O4. The van der Waals surface area contributed by atoms with E-state index in [2.05, 4.69) is 6.57 Å². The van der Waals surface area contributed by atoms with Crippen molar-refractivity contribution in [1.82, 2.24) is 14.9 Å². The van der Waals surface area contributed by atoms with Gasteiger partial charge in [-0.3, -0.25) is 9.69 Å². The molecule has 4 aliphatic rings. The van der Waals surface area contributed by atoms with Crippen molar-refractivity contribution in [3.8, 4) is 6.57 Å². The van der Waals surface area contributed by atoms with E-state index in [4.69, 9.17) is 10.00 Å². The summed E-state index contributed by atoms with van der Waals surface area (Å²) in [5.41, 5.74) is -1.11. The first-order chi connectivity index (χ1) is 13.7. The fourth-order valence-electron chi connectivity index (χ4n) is 6.07. The SMILES string of the molecule is C#N.CC(C)(C)OC(=O)N(CC(=O)N1CCCC1)C12CC3CC(CN(O)C1)C2C3. The van der Waals surface area contributed by atoms with Crippen LogP contribution in [-0.4, -0.2) is 75.9 Å². The maximum absolute atomic E-state index is 13.2. The lowest BCUT2D eigenvalue weighted by molar-refractivity contribution is -0.182. The highest BCUT2D eigenvalue weighted by Crippen LogP contribution is 2.58. The van der Waals surface area contributed by atoms with Crippen molar-refractivity contribution in [3.05, 3.63) is 0 Å². The van der Waals surface area contributed by atoms with E-state index >= 15 is 0 Å². The minimum atomic E-state index is -0.618. The number of hydrogen-bond donors (Lipinski definition) is 1. The van der Waals surface area contributed by atoms with E-state index < -0.39 is 17.2 Å². The molecule has 1 N–H and O–H groups in total. The number of amides is 2. The van der Waals surface area contributed by atoms with Crippen LogP contribution in [0.4, 0.5) is 4.79 Å². The standard InChI is InChI=1S/C20H33N3O4.CHN/c1-19(2,3)27-18(25)23(12-17(24)21-6-4-5-7-21)20-10-14-8-15(16(20)9-14)11-22(26)13-20;1-2/h14-16,26H,4-13H2,1-3H3;1H. The van der Waals surface area contributed by atoms with Crippen LogP contribution in [0.3, 0.4) is 0 Å². The summed E-state index contributed by atoms with van der Waals surface area (Å²) in [6, 6.07) is 0. The normalized spacial score (nSPS) is 33.2. The van der Waals surface area contributed by atoms with Crippen molar-refractivity contribution < 1.29 is 19.5 Å². The van der Waals surface area contributed by atoms with Crippen molar-refractivity contribution in [2.75, 3.05) is 32.7 Å². The molecule has 4 unspecified atom stereocenters. The van der Waals surface area contributed by atoms with Crippen LogP contribution in [0.15, 0.2) is 0 Å². The number of hydrogen-bond acceptors (Lipinski definition) is 6. The number of fused-ring (bicyclic) bond motifs is 1. The smallest absolute Gasteiger partial charge is 0.411 e. The second-order valence-electron chi connectivity index (χ2n) is 10.0. The molecule has 8 nitrogen and oxygen atoms in total. The van der Waals surface area contributed by atoms with Gasteiger partial charge >= 0.3 is 6.09 Å². The number of carbonyl (C=O) groups excluding carboxylic acids is 2. The van der Waals surface area contributed by atoms with Crippen LogP contribution in [0.1, 0.15) is 52.9 Å². The van der Waals surface area contributed by atoms with Crippen molar-refractivity contribution in [2.45, 2.75) is 64.0 Å². The lowest BCUT2D eigenvalue weighted by atomic mass is 9.70. The molecule has 4 atom stereocenters. The summed E-state index contributed by atoms with van der Waals surface area (Å²) < 4.78 is 5.72. The van der Waals surface area contributed by atoms with Gasteiger partial charge in [-0.05, 0) is 70.6 Å². The van der Waals surface area contributed by atoms with Crippen LogP contribution in [0, 0.1) is 29.6 Å². The van der Waals surface area contributed by atoms with Crippen LogP contribution in [0.5, 0.6) is 0 Å². The third kappa shape index (κ3) is 4.22. The van der Waals surface area contributed by atoms with Gasteiger partial charge in [0.25, 0.3) is 0 Å². The third-order valence-electron chi connectivity index (χ3n) is 6.93. The Morgan fingerprint density at radius 3 is 2.48 bits per heavy atom. The van der Waals surface area contributed by atoms with Gasteiger partial charge in [0.2, 0.25) is 5.91 Å². The van der Waals surface area contributed by atoms with Gasteiger partial charge in [0.15, 0.2) is 0 Å². The van der Waals surface area contributed by atoms with Gasteiger partial charge in [-0.2, -0.15) is 5.06 Å². The molecule has 0 spiro atoms. The Morgan fingerprint density at radius 1 is 1.24 bits per heavy atom. The average Bonchev–Trinajstić information content (AvgIpc) is 3.35. The number of hydroxylamine groups is 2. The van der Waals surface area contributed by atoms with E-state index in [1.165, 1.54) is 5.06 Å². The zero-order valence-corrected chi connectivity index (χ0v) is 17.8. The van der Waals surface area contributed by atoms with Gasteiger partial charge in [-0.15, -0.1) is 0 Å². The molecule has 29 heavy (non-hydrogen) atoms. The Labute approximate surface area is 173 Å². The van der Waals surface area contributed by atoms with Crippen LogP contribution < -0.4 is 0 Å². The van der Waals surface area contributed by atoms with Crippen LogP contribution in [-0.2, 0) is 9.53 Å². The van der Waals surface area contributed by atoms with Crippen molar-refractivity contribution in [2.24, 2.45) is 17.8 Å². The lowest BCUT2D eigenvalue weighted by Gasteiger charge is -2.53. The highest BCUT2D eigenvalue weighted by atomic mass is 16.6. The molecule has 2 amide bonds. The van der Waals surface area contributed by atoms with Crippen molar-refractivity contribution >= 4 is 12.0 Å². The van der Waals surface area contributed by atoms with Gasteiger partial charge in [0.05, 0.1) is 5.54 Å². The molecule has 2 aliphatic heterocycles. The van der Waals surface area contributed by atoms with Gasteiger partial charge in [0.1, 0.15) is 12.1 Å². The molecule has 0 aromatic rings. The Hall–Kier alpha value is -1.85. The van der Waals surface area contributed by atoms with Crippen LogP contribution >= 0.6 is 0 Å². The topological polar surface area (TPSA) is 97.1 Å². The van der Waals surface area contributed by atoms with Crippen LogP contribution in [0.25, 0.3) is 0 Å². The molecule has 8 heteroatoms. The summed E-state index contributed by atoms with van der Waals surface area (Å²) in [7, 11) is 0. The zero-order valence-electron chi connectivity index (χ0n) is 17.8. The minimum Gasteiger partial charge on any atom is -0.444 e. The molecule has 162 valence electrons. The maximum Gasteiger partial charge on any atom is 0.411 e. The van der Waals surface area contributed by atoms with Crippen molar-refractivity contribution in [1.29, 1.82) is 5.26 Å². The average molecular weight is 407 g/mol. The molecule has 2 bridgehead atoms. The summed E-state index contributed by atoms with van der Waals surface area (Å²) in [5, 5.41) is 18.2. The number of likely N-dealkylation sites (tertiary alicyclic amines) is 1. The molecule has 0 aromatic heterocycles. The highest BCUT2D eigenvalue weighted by molar-refractivity contribution is 5.83. The fourth-order valence-corrected chi connectivity index (χ4v) is 6.07. The second kappa shape index (κ2) is 8.11. The van der Waals surface area contributed by atoms with Gasteiger partial charge < -0.3 is 14.8 Å². The Kier molecular flexibility index (Phi) is 6.11. The summed E-state index contributed by atoms with van der Waals surface area (Å²) in [4.78, 5) is 29.7. The van der Waals surface area contributed by atoms with Crippen molar-refractivity contribution in [3.63, 3.8) is 0 Å². The zero-order chi connectivity index (χ0) is 21.4. The molecule has 2 heterocycles. The number of ether oxygens (including phenoxy) is 1. The summed E-state index contributed by atoms with van der Waals surface area (Å²) >= 11 is 0. The number of carbonyl (C=O) groups is 2. The summed E-state index contributed by atoms with van der Waals surface area (Å²) in [6.45, 7) is 11.7. The van der Waals surface area contributed by atoms with Gasteiger partial charge in [0, 0.05) is 32.8 Å². The first-order valence-electron chi connectivity index (χ1n) is 10.7. The van der Waals surface area contributed by atoms with Gasteiger partial charge in [-0.25, -0.2) is 10.1 Å². The van der Waals surface area contributed by atoms with Crippen LogP contribution in [0.2, 0.25) is 0 Å². The first kappa shape index (κ1) is 21.8. The molecule has 4 fully saturated rings.